The average molecular weight is 142 g/mol. The summed E-state index contributed by atoms with van der Waals surface area (Å²) in [6.07, 6.45) is 3.22. The minimum atomic E-state index is -0.269. The lowest BCUT2D eigenvalue weighted by atomic mass is 10.2. The molecule has 0 saturated heterocycles. The first-order valence-electron chi connectivity index (χ1n) is 3.32. The lowest BCUT2D eigenvalue weighted by Crippen LogP contribution is -2.10. The number of aldehydes is 1. The molecular formula is C8H14O2. The molecule has 0 spiro atoms. The molecule has 0 aromatic carbocycles. The zero-order valence-electron chi connectivity index (χ0n) is 6.76. The Bertz CT molecular complexity index is 123. The lowest BCUT2D eigenvalue weighted by Gasteiger charge is -2.03. The minimum absolute atomic E-state index is 0.269. The number of rotatable bonds is 4. The first-order chi connectivity index (χ1) is 4.70. The number of carbonyl (C=O) groups excluding carboxylic acids is 1. The Morgan fingerprint density at radius 2 is 2.20 bits per heavy atom. The van der Waals surface area contributed by atoms with Gasteiger partial charge in [-0.25, -0.2) is 0 Å². The van der Waals surface area contributed by atoms with Gasteiger partial charge in [0.15, 0.2) is 0 Å². The van der Waals surface area contributed by atoms with Crippen LogP contribution in [0.15, 0.2) is 11.6 Å². The summed E-state index contributed by atoms with van der Waals surface area (Å²) in [5.74, 6) is 0. The second kappa shape index (κ2) is 5.18. The Morgan fingerprint density at radius 1 is 1.60 bits per heavy atom. The summed E-state index contributed by atoms with van der Waals surface area (Å²) in [7, 11) is 1.54. The van der Waals surface area contributed by atoms with E-state index in [0.717, 1.165) is 6.29 Å². The van der Waals surface area contributed by atoms with Gasteiger partial charge in [-0.3, -0.25) is 0 Å². The van der Waals surface area contributed by atoms with Crippen LogP contribution >= 0.6 is 0 Å². The number of carbonyl (C=O) groups is 1. The monoisotopic (exact) mass is 142 g/mol. The van der Waals surface area contributed by atoms with Crippen molar-refractivity contribution in [1.29, 1.82) is 0 Å². The molecule has 10 heavy (non-hydrogen) atoms. The molecule has 0 aliphatic carbocycles. The van der Waals surface area contributed by atoms with Gasteiger partial charge in [-0.15, -0.1) is 0 Å². The molecule has 0 aromatic rings. The highest BCUT2D eigenvalue weighted by Gasteiger charge is 2.00. The maximum Gasteiger partial charge on any atom is 0.149 e. The smallest absolute Gasteiger partial charge is 0.149 e. The molecule has 0 aliphatic heterocycles. The third-order valence-electron chi connectivity index (χ3n) is 1.21. The quantitative estimate of drug-likeness (QED) is 0.440. The molecule has 0 rings (SSSR count). The Labute approximate surface area is 61.9 Å². The summed E-state index contributed by atoms with van der Waals surface area (Å²) in [6, 6.07) is 0. The minimum Gasteiger partial charge on any atom is -0.374 e. The number of hydrogen-bond donors (Lipinski definition) is 0. The van der Waals surface area contributed by atoms with E-state index in [-0.39, 0.29) is 6.10 Å². The second-order valence-electron chi connectivity index (χ2n) is 2.43. The number of allylic oxidation sites excluding steroid dienone is 1. The summed E-state index contributed by atoms with van der Waals surface area (Å²) in [6.45, 7) is 4.00. The summed E-state index contributed by atoms with van der Waals surface area (Å²) >= 11 is 0. The third-order valence-corrected chi connectivity index (χ3v) is 1.21. The van der Waals surface area contributed by atoms with Gasteiger partial charge in [0.1, 0.15) is 12.4 Å². The van der Waals surface area contributed by atoms with Crippen LogP contribution < -0.4 is 0 Å². The van der Waals surface area contributed by atoms with E-state index in [1.54, 1.807) is 0 Å². The van der Waals surface area contributed by atoms with Crippen LogP contribution in [0.25, 0.3) is 0 Å². The molecule has 2 nitrogen and oxygen atoms in total. The highest BCUT2D eigenvalue weighted by Crippen LogP contribution is 1.98. The average Bonchev–Trinajstić information content (AvgIpc) is 1.90. The Balaban J connectivity index is 3.64. The molecule has 58 valence electrons. The standard InChI is InChI=1S/C8H14O2/c1-7(2)4-5-8(6-9)10-3/h4,6,8H,5H2,1-3H3/t8-/m0/s1. The van der Waals surface area contributed by atoms with Gasteiger partial charge in [0, 0.05) is 7.11 Å². The van der Waals surface area contributed by atoms with Crippen LogP contribution in [-0.4, -0.2) is 19.5 Å². The molecule has 0 bridgehead atoms. The van der Waals surface area contributed by atoms with Crippen molar-refractivity contribution in [1.82, 2.24) is 0 Å². The third kappa shape index (κ3) is 4.27. The molecule has 0 fully saturated rings. The first-order valence-corrected chi connectivity index (χ1v) is 3.32. The zero-order chi connectivity index (χ0) is 7.98. The van der Waals surface area contributed by atoms with Gasteiger partial charge in [-0.1, -0.05) is 11.6 Å². The van der Waals surface area contributed by atoms with Gasteiger partial charge in [0.05, 0.1) is 0 Å². The SMILES string of the molecule is CO[C@H](C=O)CC=C(C)C. The van der Waals surface area contributed by atoms with E-state index in [4.69, 9.17) is 4.74 Å². The van der Waals surface area contributed by atoms with Crippen LogP contribution in [-0.2, 0) is 9.53 Å². The molecule has 0 heterocycles. The molecule has 0 saturated carbocycles. The van der Waals surface area contributed by atoms with Crippen molar-refractivity contribution < 1.29 is 9.53 Å². The summed E-state index contributed by atoms with van der Waals surface area (Å²) in [4.78, 5) is 10.2. The molecule has 0 amide bonds. The summed E-state index contributed by atoms with van der Waals surface area (Å²) < 4.78 is 4.84. The molecule has 0 unspecified atom stereocenters. The van der Waals surface area contributed by atoms with Crippen LogP contribution in [0.2, 0.25) is 0 Å². The van der Waals surface area contributed by atoms with Crippen molar-refractivity contribution in [3.05, 3.63) is 11.6 Å². The van der Waals surface area contributed by atoms with E-state index >= 15 is 0 Å². The topological polar surface area (TPSA) is 26.3 Å². The fourth-order valence-electron chi connectivity index (χ4n) is 0.559. The maximum atomic E-state index is 10.2. The van der Waals surface area contributed by atoms with Gasteiger partial charge in [0.25, 0.3) is 0 Å². The van der Waals surface area contributed by atoms with Crippen molar-refractivity contribution in [2.24, 2.45) is 0 Å². The number of ether oxygens (including phenoxy) is 1. The second-order valence-corrected chi connectivity index (χ2v) is 2.43. The van der Waals surface area contributed by atoms with E-state index in [0.29, 0.717) is 6.42 Å². The van der Waals surface area contributed by atoms with Gasteiger partial charge in [-0.2, -0.15) is 0 Å². The van der Waals surface area contributed by atoms with Crippen LogP contribution in [0, 0.1) is 0 Å². The van der Waals surface area contributed by atoms with Gasteiger partial charge >= 0.3 is 0 Å². The maximum absolute atomic E-state index is 10.2. The molecule has 0 radical (unpaired) electrons. The lowest BCUT2D eigenvalue weighted by molar-refractivity contribution is -0.116. The fourth-order valence-corrected chi connectivity index (χ4v) is 0.559. The van der Waals surface area contributed by atoms with Crippen molar-refractivity contribution in [2.75, 3.05) is 7.11 Å². The molecular weight excluding hydrogens is 128 g/mol. The van der Waals surface area contributed by atoms with Gasteiger partial charge in [0.2, 0.25) is 0 Å². The van der Waals surface area contributed by atoms with E-state index in [1.807, 2.05) is 19.9 Å². The molecule has 2 heteroatoms. The molecule has 0 aromatic heterocycles. The Hall–Kier alpha value is -0.630. The molecule has 1 atom stereocenters. The van der Waals surface area contributed by atoms with Gasteiger partial charge in [-0.05, 0) is 20.3 Å². The predicted molar refractivity (Wildman–Crippen MR) is 40.9 cm³/mol. The van der Waals surface area contributed by atoms with Crippen molar-refractivity contribution in [3.63, 3.8) is 0 Å². The highest BCUT2D eigenvalue weighted by atomic mass is 16.5. The van der Waals surface area contributed by atoms with Crippen LogP contribution in [0.5, 0.6) is 0 Å². The zero-order valence-corrected chi connectivity index (χ0v) is 6.76. The predicted octanol–water partition coefficient (Wildman–Crippen LogP) is 1.56. The summed E-state index contributed by atoms with van der Waals surface area (Å²) in [5, 5.41) is 0. The largest absolute Gasteiger partial charge is 0.374 e. The van der Waals surface area contributed by atoms with E-state index < -0.39 is 0 Å². The normalized spacial score (nSPS) is 12.3. The molecule has 0 aliphatic rings. The number of hydrogen-bond acceptors (Lipinski definition) is 2. The number of methoxy groups -OCH3 is 1. The van der Waals surface area contributed by atoms with Gasteiger partial charge < -0.3 is 9.53 Å². The van der Waals surface area contributed by atoms with E-state index in [2.05, 4.69) is 0 Å². The van der Waals surface area contributed by atoms with Crippen molar-refractivity contribution >= 4 is 6.29 Å². The Kier molecular flexibility index (Phi) is 4.85. The van der Waals surface area contributed by atoms with Crippen LogP contribution in [0.1, 0.15) is 20.3 Å². The van der Waals surface area contributed by atoms with Crippen LogP contribution in [0.4, 0.5) is 0 Å². The summed E-state index contributed by atoms with van der Waals surface area (Å²) in [5.41, 5.74) is 1.21. The first kappa shape index (κ1) is 9.37. The fraction of sp³-hybridized carbons (Fsp3) is 0.625. The highest BCUT2D eigenvalue weighted by molar-refractivity contribution is 5.56. The molecule has 0 N–H and O–H groups in total. The Morgan fingerprint density at radius 3 is 2.50 bits per heavy atom. The van der Waals surface area contributed by atoms with Crippen molar-refractivity contribution in [3.8, 4) is 0 Å². The van der Waals surface area contributed by atoms with Crippen LogP contribution in [0.3, 0.4) is 0 Å². The van der Waals surface area contributed by atoms with Crippen molar-refractivity contribution in [2.45, 2.75) is 26.4 Å². The van der Waals surface area contributed by atoms with E-state index in [1.165, 1.54) is 12.7 Å². The van der Waals surface area contributed by atoms with E-state index in [9.17, 15) is 4.79 Å².